The average molecular weight is 162 g/mol. The highest BCUT2D eigenvalue weighted by Gasteiger charge is 2.01. The predicted octanol–water partition coefficient (Wildman–Crippen LogP) is 1.14. The zero-order valence-corrected chi connectivity index (χ0v) is 6.86. The molecule has 0 unspecified atom stereocenters. The number of aliphatic hydroxyl groups is 1. The number of hydrogen-bond donors (Lipinski definition) is 1. The summed E-state index contributed by atoms with van der Waals surface area (Å²) < 4.78 is 1.94. The molecule has 2 rings (SSSR count). The summed E-state index contributed by atoms with van der Waals surface area (Å²) in [4.78, 5) is 4.18. The largest absolute Gasteiger partial charge is 0.390 e. The van der Waals surface area contributed by atoms with Crippen LogP contribution < -0.4 is 0 Å². The summed E-state index contributed by atoms with van der Waals surface area (Å²) in [5.41, 5.74) is 2.82. The van der Waals surface area contributed by atoms with E-state index >= 15 is 0 Å². The zero-order valence-electron chi connectivity index (χ0n) is 6.86. The van der Waals surface area contributed by atoms with Gasteiger partial charge in [-0.05, 0) is 19.1 Å². The Kier molecular flexibility index (Phi) is 1.59. The molecule has 0 bridgehead atoms. The lowest BCUT2D eigenvalue weighted by Gasteiger charge is -2.02. The van der Waals surface area contributed by atoms with Gasteiger partial charge in [-0.1, -0.05) is 6.07 Å². The maximum absolute atomic E-state index is 9.03. The van der Waals surface area contributed by atoms with Gasteiger partial charge in [0, 0.05) is 17.6 Å². The van der Waals surface area contributed by atoms with E-state index in [-0.39, 0.29) is 6.61 Å². The van der Waals surface area contributed by atoms with Crippen molar-refractivity contribution in [2.75, 3.05) is 0 Å². The Balaban J connectivity index is 2.84. The maximum atomic E-state index is 9.03. The summed E-state index contributed by atoms with van der Waals surface area (Å²) >= 11 is 0. The molecule has 3 heteroatoms. The molecule has 0 atom stereocenters. The van der Waals surface area contributed by atoms with Gasteiger partial charge >= 0.3 is 0 Å². The van der Waals surface area contributed by atoms with Crippen molar-refractivity contribution in [2.45, 2.75) is 13.5 Å². The normalized spacial score (nSPS) is 10.8. The van der Waals surface area contributed by atoms with Gasteiger partial charge in [0.2, 0.25) is 0 Å². The van der Waals surface area contributed by atoms with E-state index in [2.05, 4.69) is 4.98 Å². The van der Waals surface area contributed by atoms with E-state index in [1.165, 1.54) is 0 Å². The predicted molar refractivity (Wildman–Crippen MR) is 45.9 cm³/mol. The van der Waals surface area contributed by atoms with E-state index in [0.29, 0.717) is 0 Å². The lowest BCUT2D eigenvalue weighted by Crippen LogP contribution is -1.97. The van der Waals surface area contributed by atoms with Crippen molar-refractivity contribution in [3.8, 4) is 0 Å². The first-order valence-corrected chi connectivity index (χ1v) is 3.86. The SMILES string of the molecule is Cc1cnc2cccc(CO)n12. The molecule has 0 saturated heterocycles. The van der Waals surface area contributed by atoms with Gasteiger partial charge in [0.15, 0.2) is 0 Å². The monoisotopic (exact) mass is 162 g/mol. The second kappa shape index (κ2) is 2.60. The van der Waals surface area contributed by atoms with Crippen molar-refractivity contribution < 1.29 is 5.11 Å². The van der Waals surface area contributed by atoms with Gasteiger partial charge in [-0.15, -0.1) is 0 Å². The standard InChI is InChI=1S/C9H10N2O/c1-7-5-10-9-4-2-3-8(6-12)11(7)9/h2-5,12H,6H2,1H3. The molecule has 2 aromatic heterocycles. The molecule has 0 aliphatic heterocycles. The summed E-state index contributed by atoms with van der Waals surface area (Å²) in [6.45, 7) is 2.02. The highest BCUT2D eigenvalue weighted by molar-refractivity contribution is 5.41. The first kappa shape index (κ1) is 7.31. The summed E-state index contributed by atoms with van der Waals surface area (Å²) in [6.07, 6.45) is 1.80. The van der Waals surface area contributed by atoms with Gasteiger partial charge in [-0.25, -0.2) is 4.98 Å². The van der Waals surface area contributed by atoms with Crippen molar-refractivity contribution in [2.24, 2.45) is 0 Å². The third kappa shape index (κ3) is 0.905. The smallest absolute Gasteiger partial charge is 0.137 e. The fraction of sp³-hybridized carbons (Fsp3) is 0.222. The van der Waals surface area contributed by atoms with Crippen molar-refractivity contribution in [1.82, 2.24) is 9.38 Å². The lowest BCUT2D eigenvalue weighted by molar-refractivity contribution is 0.275. The quantitative estimate of drug-likeness (QED) is 0.682. The zero-order chi connectivity index (χ0) is 8.55. The van der Waals surface area contributed by atoms with Crippen LogP contribution in [0.5, 0.6) is 0 Å². The van der Waals surface area contributed by atoms with Crippen LogP contribution in [-0.4, -0.2) is 14.5 Å². The van der Waals surface area contributed by atoms with Crippen LogP contribution in [0.15, 0.2) is 24.4 Å². The number of fused-ring (bicyclic) bond motifs is 1. The summed E-state index contributed by atoms with van der Waals surface area (Å²) in [6, 6.07) is 5.71. The minimum absolute atomic E-state index is 0.0501. The van der Waals surface area contributed by atoms with E-state index in [1.807, 2.05) is 29.5 Å². The average Bonchev–Trinajstić information content (AvgIpc) is 2.48. The minimum atomic E-state index is 0.0501. The van der Waals surface area contributed by atoms with Crippen molar-refractivity contribution >= 4 is 5.65 Å². The number of rotatable bonds is 1. The van der Waals surface area contributed by atoms with Crippen LogP contribution in [0.2, 0.25) is 0 Å². The third-order valence-electron chi connectivity index (χ3n) is 1.95. The van der Waals surface area contributed by atoms with E-state index in [9.17, 15) is 0 Å². The second-order valence-corrected chi connectivity index (χ2v) is 2.77. The molecule has 12 heavy (non-hydrogen) atoms. The molecular formula is C9H10N2O. The van der Waals surface area contributed by atoms with E-state index in [1.54, 1.807) is 6.20 Å². The number of pyridine rings is 1. The van der Waals surface area contributed by atoms with Gasteiger partial charge in [0.25, 0.3) is 0 Å². The molecule has 0 aliphatic rings. The molecule has 0 fully saturated rings. The number of aryl methyl sites for hydroxylation is 1. The van der Waals surface area contributed by atoms with Crippen LogP contribution in [0.1, 0.15) is 11.4 Å². The fourth-order valence-electron chi connectivity index (χ4n) is 1.39. The van der Waals surface area contributed by atoms with E-state index < -0.39 is 0 Å². The molecule has 0 amide bonds. The number of imidazole rings is 1. The molecule has 62 valence electrons. The first-order valence-electron chi connectivity index (χ1n) is 3.86. The van der Waals surface area contributed by atoms with Crippen LogP contribution >= 0.6 is 0 Å². The molecule has 2 heterocycles. The van der Waals surface area contributed by atoms with Gasteiger partial charge in [-0.2, -0.15) is 0 Å². The van der Waals surface area contributed by atoms with Crippen LogP contribution in [0.4, 0.5) is 0 Å². The van der Waals surface area contributed by atoms with Gasteiger partial charge in [0.05, 0.1) is 6.61 Å². The molecule has 0 aliphatic carbocycles. The van der Waals surface area contributed by atoms with E-state index in [4.69, 9.17) is 5.11 Å². The third-order valence-corrected chi connectivity index (χ3v) is 1.95. The van der Waals surface area contributed by atoms with Crippen LogP contribution in [-0.2, 0) is 6.61 Å². The summed E-state index contributed by atoms with van der Waals surface area (Å²) in [7, 11) is 0. The Morgan fingerprint density at radius 2 is 2.33 bits per heavy atom. The highest BCUT2D eigenvalue weighted by Crippen LogP contribution is 2.09. The van der Waals surface area contributed by atoms with Crippen LogP contribution in [0, 0.1) is 6.92 Å². The molecule has 0 radical (unpaired) electrons. The van der Waals surface area contributed by atoms with Crippen LogP contribution in [0.3, 0.4) is 0 Å². The molecule has 0 spiro atoms. The van der Waals surface area contributed by atoms with Crippen molar-refractivity contribution in [3.63, 3.8) is 0 Å². The Hall–Kier alpha value is -1.35. The Morgan fingerprint density at radius 1 is 1.50 bits per heavy atom. The second-order valence-electron chi connectivity index (χ2n) is 2.77. The number of nitrogens with zero attached hydrogens (tertiary/aromatic N) is 2. The van der Waals surface area contributed by atoms with Crippen molar-refractivity contribution in [3.05, 3.63) is 35.8 Å². The molecule has 2 aromatic rings. The van der Waals surface area contributed by atoms with Crippen LogP contribution in [0.25, 0.3) is 5.65 Å². The Morgan fingerprint density at radius 3 is 3.08 bits per heavy atom. The highest BCUT2D eigenvalue weighted by atomic mass is 16.3. The topological polar surface area (TPSA) is 37.5 Å². The van der Waals surface area contributed by atoms with Crippen molar-refractivity contribution in [1.29, 1.82) is 0 Å². The number of hydrogen-bond acceptors (Lipinski definition) is 2. The Bertz CT molecular complexity index is 406. The lowest BCUT2D eigenvalue weighted by atomic mass is 10.3. The number of aromatic nitrogens is 2. The van der Waals surface area contributed by atoms with Gasteiger partial charge in [-0.3, -0.25) is 4.40 Å². The van der Waals surface area contributed by atoms with Gasteiger partial charge in [0.1, 0.15) is 5.65 Å². The molecule has 3 nitrogen and oxygen atoms in total. The molecular weight excluding hydrogens is 152 g/mol. The molecule has 1 N–H and O–H groups in total. The van der Waals surface area contributed by atoms with E-state index in [0.717, 1.165) is 17.0 Å². The summed E-state index contributed by atoms with van der Waals surface area (Å²) in [5.74, 6) is 0. The Labute approximate surface area is 70.3 Å². The minimum Gasteiger partial charge on any atom is -0.390 e. The maximum Gasteiger partial charge on any atom is 0.137 e. The molecule has 0 aromatic carbocycles. The number of aliphatic hydroxyl groups excluding tert-OH is 1. The molecule has 0 saturated carbocycles. The first-order chi connectivity index (χ1) is 5.83. The summed E-state index contributed by atoms with van der Waals surface area (Å²) in [5, 5.41) is 9.03. The van der Waals surface area contributed by atoms with Gasteiger partial charge < -0.3 is 5.11 Å². The fourth-order valence-corrected chi connectivity index (χ4v) is 1.39.